The normalized spacial score (nSPS) is 12.7. The first-order chi connectivity index (χ1) is 9.56. The van der Waals surface area contributed by atoms with E-state index in [0.29, 0.717) is 11.4 Å². The maximum atomic E-state index is 10.4. The molecule has 1 unspecified atom stereocenters. The molecule has 1 atom stereocenters. The molecule has 0 aliphatic carbocycles. The van der Waals surface area contributed by atoms with Gasteiger partial charge < -0.3 is 5.11 Å². The molecule has 1 aromatic heterocycles. The second-order valence-electron chi connectivity index (χ2n) is 4.65. The maximum absolute atomic E-state index is 10.4. The van der Waals surface area contributed by atoms with Crippen LogP contribution in [0.15, 0.2) is 28.7 Å². The van der Waals surface area contributed by atoms with Gasteiger partial charge >= 0.3 is 0 Å². The minimum Gasteiger partial charge on any atom is -0.388 e. The highest BCUT2D eigenvalue weighted by Gasteiger charge is 2.18. The lowest BCUT2D eigenvalue weighted by Gasteiger charge is -2.12. The molecule has 0 fully saturated rings. The highest BCUT2D eigenvalue weighted by molar-refractivity contribution is 9.10. The predicted molar refractivity (Wildman–Crippen MR) is 85.1 cm³/mol. The molecule has 1 heterocycles. The van der Waals surface area contributed by atoms with Crippen molar-refractivity contribution in [3.63, 3.8) is 0 Å². The van der Waals surface area contributed by atoms with Crippen molar-refractivity contribution in [1.29, 1.82) is 0 Å². The molecule has 0 spiro atoms. The smallest absolute Gasteiger partial charge is 0.0851 e. The molecule has 0 amide bonds. The fourth-order valence-corrected chi connectivity index (χ4v) is 2.81. The zero-order valence-corrected chi connectivity index (χ0v) is 13.9. The molecule has 1 aromatic carbocycles. The Labute approximate surface area is 132 Å². The maximum Gasteiger partial charge on any atom is 0.0851 e. The Hall–Kier alpha value is -0.840. The molecular formula is C15H18BrClN2O. The van der Waals surface area contributed by atoms with E-state index >= 15 is 0 Å². The van der Waals surface area contributed by atoms with Crippen LogP contribution in [-0.2, 0) is 19.4 Å². The van der Waals surface area contributed by atoms with Gasteiger partial charge in [-0.1, -0.05) is 46.6 Å². The lowest BCUT2D eigenvalue weighted by Crippen LogP contribution is -2.08. The van der Waals surface area contributed by atoms with Gasteiger partial charge in [0, 0.05) is 17.4 Å². The predicted octanol–water partition coefficient (Wildman–Crippen LogP) is 4.16. The van der Waals surface area contributed by atoms with Crippen LogP contribution in [0.25, 0.3) is 0 Å². The standard InChI is InChI=1S/C15H18BrClN2O/c1-3-12-15(17)13(19(4-2)18-12)9-14(20)10-5-7-11(16)8-6-10/h5-8,14,20H,3-4,9H2,1-2H3. The molecule has 3 nitrogen and oxygen atoms in total. The summed E-state index contributed by atoms with van der Waals surface area (Å²) >= 11 is 9.75. The lowest BCUT2D eigenvalue weighted by molar-refractivity contribution is 0.175. The van der Waals surface area contributed by atoms with Crippen molar-refractivity contribution >= 4 is 27.5 Å². The van der Waals surface area contributed by atoms with Crippen molar-refractivity contribution in [3.8, 4) is 0 Å². The van der Waals surface area contributed by atoms with E-state index in [1.165, 1.54) is 0 Å². The number of aryl methyl sites for hydroxylation is 2. The molecule has 108 valence electrons. The lowest BCUT2D eigenvalue weighted by atomic mass is 10.0. The van der Waals surface area contributed by atoms with Crippen molar-refractivity contribution in [2.45, 2.75) is 39.3 Å². The Balaban J connectivity index is 2.25. The summed E-state index contributed by atoms with van der Waals surface area (Å²) in [6.07, 6.45) is 0.696. The minimum atomic E-state index is -0.577. The summed E-state index contributed by atoms with van der Waals surface area (Å²) in [6, 6.07) is 7.68. The third-order valence-electron chi connectivity index (χ3n) is 3.34. The molecule has 1 N–H and O–H groups in total. The average molecular weight is 358 g/mol. The van der Waals surface area contributed by atoms with Crippen LogP contribution >= 0.6 is 27.5 Å². The molecule has 20 heavy (non-hydrogen) atoms. The Morgan fingerprint density at radius 1 is 1.30 bits per heavy atom. The summed E-state index contributed by atoms with van der Waals surface area (Å²) in [5, 5.41) is 15.5. The zero-order valence-electron chi connectivity index (χ0n) is 11.6. The highest BCUT2D eigenvalue weighted by Crippen LogP contribution is 2.27. The van der Waals surface area contributed by atoms with E-state index in [-0.39, 0.29) is 0 Å². The number of hydrogen-bond donors (Lipinski definition) is 1. The molecule has 0 aliphatic rings. The van der Waals surface area contributed by atoms with Crippen LogP contribution in [0.5, 0.6) is 0 Å². The van der Waals surface area contributed by atoms with Gasteiger partial charge in [-0.3, -0.25) is 4.68 Å². The number of aliphatic hydroxyl groups excluding tert-OH is 1. The number of nitrogens with zero attached hydrogens (tertiary/aromatic N) is 2. The van der Waals surface area contributed by atoms with E-state index in [4.69, 9.17) is 11.6 Å². The molecule has 0 radical (unpaired) electrons. The first kappa shape index (κ1) is 15.5. The number of aromatic nitrogens is 2. The van der Waals surface area contributed by atoms with Gasteiger partial charge in [-0.05, 0) is 31.0 Å². The van der Waals surface area contributed by atoms with Crippen LogP contribution < -0.4 is 0 Å². The van der Waals surface area contributed by atoms with Gasteiger partial charge in [0.25, 0.3) is 0 Å². The van der Waals surface area contributed by atoms with Crippen LogP contribution in [0.2, 0.25) is 5.02 Å². The number of rotatable bonds is 5. The van der Waals surface area contributed by atoms with Gasteiger partial charge in [-0.2, -0.15) is 5.10 Å². The van der Waals surface area contributed by atoms with Gasteiger partial charge in [-0.25, -0.2) is 0 Å². The van der Waals surface area contributed by atoms with E-state index in [1.54, 1.807) is 0 Å². The number of hydrogen-bond acceptors (Lipinski definition) is 2. The topological polar surface area (TPSA) is 38.0 Å². The van der Waals surface area contributed by atoms with E-state index in [0.717, 1.165) is 34.4 Å². The van der Waals surface area contributed by atoms with Crippen LogP contribution in [0.1, 0.15) is 36.9 Å². The van der Waals surface area contributed by atoms with Crippen LogP contribution in [-0.4, -0.2) is 14.9 Å². The van der Waals surface area contributed by atoms with Crippen molar-refractivity contribution in [2.75, 3.05) is 0 Å². The summed E-state index contributed by atoms with van der Waals surface area (Å²) in [7, 11) is 0. The monoisotopic (exact) mass is 356 g/mol. The van der Waals surface area contributed by atoms with Crippen molar-refractivity contribution in [3.05, 3.63) is 50.7 Å². The first-order valence-corrected chi connectivity index (χ1v) is 7.91. The molecular weight excluding hydrogens is 340 g/mol. The highest BCUT2D eigenvalue weighted by atomic mass is 79.9. The van der Waals surface area contributed by atoms with Crippen LogP contribution in [0, 0.1) is 0 Å². The van der Waals surface area contributed by atoms with E-state index in [2.05, 4.69) is 21.0 Å². The van der Waals surface area contributed by atoms with Gasteiger partial charge in [0.2, 0.25) is 0 Å². The summed E-state index contributed by atoms with van der Waals surface area (Å²) in [5.41, 5.74) is 2.68. The summed E-state index contributed by atoms with van der Waals surface area (Å²) < 4.78 is 2.88. The molecule has 2 aromatic rings. The molecule has 5 heteroatoms. The van der Waals surface area contributed by atoms with Gasteiger partial charge in [0.05, 0.1) is 22.5 Å². The summed E-state index contributed by atoms with van der Waals surface area (Å²) in [5.74, 6) is 0. The quantitative estimate of drug-likeness (QED) is 0.872. The average Bonchev–Trinajstić information content (AvgIpc) is 2.76. The van der Waals surface area contributed by atoms with Gasteiger partial charge in [-0.15, -0.1) is 0 Å². The fraction of sp³-hybridized carbons (Fsp3) is 0.400. The summed E-state index contributed by atoms with van der Waals surface area (Å²) in [4.78, 5) is 0. The van der Waals surface area contributed by atoms with Crippen molar-refractivity contribution in [2.24, 2.45) is 0 Å². The second-order valence-corrected chi connectivity index (χ2v) is 5.94. The SMILES string of the molecule is CCc1nn(CC)c(CC(O)c2ccc(Br)cc2)c1Cl. The fourth-order valence-electron chi connectivity index (χ4n) is 2.20. The third-order valence-corrected chi connectivity index (χ3v) is 4.30. The van der Waals surface area contributed by atoms with Gasteiger partial charge in [0.15, 0.2) is 0 Å². The Kier molecular flexibility index (Phi) is 5.24. The third kappa shape index (κ3) is 3.25. The zero-order chi connectivity index (χ0) is 14.7. The molecule has 2 rings (SSSR count). The van der Waals surface area contributed by atoms with Crippen molar-refractivity contribution < 1.29 is 5.11 Å². The van der Waals surface area contributed by atoms with E-state index in [1.807, 2.05) is 42.8 Å². The second kappa shape index (κ2) is 6.74. The molecule has 0 aliphatic heterocycles. The Bertz CT molecular complexity index is 580. The molecule has 0 saturated heterocycles. The summed E-state index contributed by atoms with van der Waals surface area (Å²) in [6.45, 7) is 4.81. The Morgan fingerprint density at radius 3 is 2.50 bits per heavy atom. The van der Waals surface area contributed by atoms with E-state index < -0.39 is 6.10 Å². The van der Waals surface area contributed by atoms with Gasteiger partial charge in [0.1, 0.15) is 0 Å². The first-order valence-electron chi connectivity index (χ1n) is 6.74. The number of aliphatic hydroxyl groups is 1. The van der Waals surface area contributed by atoms with Crippen molar-refractivity contribution in [1.82, 2.24) is 9.78 Å². The number of benzene rings is 1. The van der Waals surface area contributed by atoms with Crippen LogP contribution in [0.4, 0.5) is 0 Å². The minimum absolute atomic E-state index is 0.474. The largest absolute Gasteiger partial charge is 0.388 e. The molecule has 0 bridgehead atoms. The van der Waals surface area contributed by atoms with Crippen LogP contribution in [0.3, 0.4) is 0 Å². The Morgan fingerprint density at radius 2 is 1.95 bits per heavy atom. The van der Waals surface area contributed by atoms with E-state index in [9.17, 15) is 5.11 Å². The number of halogens is 2. The molecule has 0 saturated carbocycles.